The number of esters is 1. The Morgan fingerprint density at radius 2 is 1.77 bits per heavy atom. The average Bonchev–Trinajstić information content (AvgIpc) is 3.41. The zero-order valence-corrected chi connectivity index (χ0v) is 22.7. The summed E-state index contributed by atoms with van der Waals surface area (Å²) in [5.74, 6) is -1.19. The molecule has 0 unspecified atom stereocenters. The summed E-state index contributed by atoms with van der Waals surface area (Å²) in [5.41, 5.74) is 6.38. The molecule has 0 amide bonds. The van der Waals surface area contributed by atoms with Crippen LogP contribution in [0.5, 0.6) is 0 Å². The Labute approximate surface area is 229 Å². The molecule has 6 nitrogen and oxygen atoms in total. The van der Waals surface area contributed by atoms with E-state index in [2.05, 4.69) is 17.5 Å². The Kier molecular flexibility index (Phi) is 8.10. The number of hydrogen-bond donors (Lipinski definition) is 1. The first-order valence-electron chi connectivity index (χ1n) is 14.1. The molecule has 1 N–H and O–H groups in total. The van der Waals surface area contributed by atoms with Crippen molar-refractivity contribution in [2.24, 2.45) is 5.92 Å². The maximum absolute atomic E-state index is 13.4. The topological polar surface area (TPSA) is 80.9 Å². The number of benzene rings is 2. The van der Waals surface area contributed by atoms with Gasteiger partial charge in [0, 0.05) is 6.20 Å². The number of carboxylic acid groups (broad SMARTS) is 1. The van der Waals surface area contributed by atoms with Crippen LogP contribution in [0.4, 0.5) is 0 Å². The fraction of sp³-hybridized carbons (Fsp3) is 0.364. The summed E-state index contributed by atoms with van der Waals surface area (Å²) in [6, 6.07) is 18.7. The highest BCUT2D eigenvalue weighted by atomic mass is 16.5. The number of carboxylic acids is 1. The molecule has 4 aromatic rings. The molecule has 2 aromatic carbocycles. The predicted octanol–water partition coefficient (Wildman–Crippen LogP) is 7.56. The summed E-state index contributed by atoms with van der Waals surface area (Å²) >= 11 is 0. The second kappa shape index (κ2) is 11.9. The van der Waals surface area contributed by atoms with Crippen molar-refractivity contribution in [2.45, 2.75) is 71.3 Å². The van der Waals surface area contributed by atoms with E-state index in [0.29, 0.717) is 5.56 Å². The number of rotatable bonds is 9. The minimum atomic E-state index is -0.963. The van der Waals surface area contributed by atoms with Crippen LogP contribution in [0, 0.1) is 12.8 Å². The van der Waals surface area contributed by atoms with Crippen molar-refractivity contribution >= 4 is 17.6 Å². The molecule has 2 heterocycles. The minimum absolute atomic E-state index is 0.0770. The fourth-order valence-corrected chi connectivity index (χ4v) is 5.57. The monoisotopic (exact) mass is 524 g/mol. The molecule has 202 valence electrons. The number of ether oxygens (including phenoxy) is 1. The van der Waals surface area contributed by atoms with Gasteiger partial charge in [-0.15, -0.1) is 0 Å². The molecule has 1 atom stereocenters. The van der Waals surface area contributed by atoms with Gasteiger partial charge in [0.2, 0.25) is 0 Å². The molecule has 1 saturated carbocycles. The third-order valence-electron chi connectivity index (χ3n) is 7.80. The number of aryl methyl sites for hydroxylation is 2. The van der Waals surface area contributed by atoms with Gasteiger partial charge in [0.15, 0.2) is 6.10 Å². The molecule has 1 aliphatic carbocycles. The third-order valence-corrected chi connectivity index (χ3v) is 7.80. The highest BCUT2D eigenvalue weighted by Gasteiger charge is 2.29. The largest absolute Gasteiger partial charge is 0.478 e. The SMILES string of the molecule is CCCCc1cn2c([C@H](OC(=O)C3CCCCC3)c3ccc(-c4ccccc4C(=O)O)cc3)ccc(C)c2n1. The summed E-state index contributed by atoms with van der Waals surface area (Å²) in [6.45, 7) is 4.22. The lowest BCUT2D eigenvalue weighted by molar-refractivity contribution is -0.153. The maximum Gasteiger partial charge on any atom is 0.336 e. The Morgan fingerprint density at radius 1 is 1.03 bits per heavy atom. The van der Waals surface area contributed by atoms with Crippen molar-refractivity contribution < 1.29 is 19.4 Å². The summed E-state index contributed by atoms with van der Waals surface area (Å²) in [4.78, 5) is 30.1. The third kappa shape index (κ3) is 5.75. The summed E-state index contributed by atoms with van der Waals surface area (Å²) in [7, 11) is 0. The number of aromatic carboxylic acids is 1. The van der Waals surface area contributed by atoms with Crippen LogP contribution < -0.4 is 0 Å². The number of imidazole rings is 1. The summed E-state index contributed by atoms with van der Waals surface area (Å²) in [6.07, 6.45) is 9.54. The Bertz CT molecular complexity index is 1470. The molecule has 6 heteroatoms. The lowest BCUT2D eigenvalue weighted by Gasteiger charge is -2.25. The Balaban J connectivity index is 1.56. The number of aromatic nitrogens is 2. The molecule has 0 radical (unpaired) electrons. The van der Waals surface area contributed by atoms with Crippen LogP contribution in [-0.4, -0.2) is 26.4 Å². The van der Waals surface area contributed by atoms with Gasteiger partial charge in [-0.3, -0.25) is 9.20 Å². The van der Waals surface area contributed by atoms with E-state index in [1.807, 2.05) is 55.5 Å². The number of nitrogens with zero attached hydrogens (tertiary/aromatic N) is 2. The van der Waals surface area contributed by atoms with Crippen LogP contribution in [0.25, 0.3) is 16.8 Å². The quantitative estimate of drug-likeness (QED) is 0.229. The second-order valence-corrected chi connectivity index (χ2v) is 10.6. The van der Waals surface area contributed by atoms with E-state index in [1.165, 1.54) is 6.42 Å². The normalized spacial score (nSPS) is 14.8. The van der Waals surface area contributed by atoms with Gasteiger partial charge in [-0.05, 0) is 67.0 Å². The predicted molar refractivity (Wildman–Crippen MR) is 152 cm³/mol. The maximum atomic E-state index is 13.4. The van der Waals surface area contributed by atoms with Crippen LogP contribution >= 0.6 is 0 Å². The molecule has 2 aromatic heterocycles. The second-order valence-electron chi connectivity index (χ2n) is 10.6. The van der Waals surface area contributed by atoms with E-state index >= 15 is 0 Å². The van der Waals surface area contributed by atoms with E-state index in [-0.39, 0.29) is 17.5 Å². The number of fused-ring (bicyclic) bond motifs is 1. The van der Waals surface area contributed by atoms with Crippen molar-refractivity contribution in [3.05, 3.63) is 94.9 Å². The highest BCUT2D eigenvalue weighted by molar-refractivity contribution is 5.96. The lowest BCUT2D eigenvalue weighted by atomic mass is 9.89. The van der Waals surface area contributed by atoms with E-state index < -0.39 is 12.1 Å². The van der Waals surface area contributed by atoms with Crippen LogP contribution in [0.3, 0.4) is 0 Å². The molecular formula is C33H36N2O4. The molecule has 5 rings (SSSR count). The molecule has 0 aliphatic heterocycles. The summed E-state index contributed by atoms with van der Waals surface area (Å²) < 4.78 is 8.40. The zero-order chi connectivity index (χ0) is 27.4. The number of carbonyl (C=O) groups excluding carboxylic acids is 1. The van der Waals surface area contributed by atoms with Crippen molar-refractivity contribution in [3.63, 3.8) is 0 Å². The molecule has 0 spiro atoms. The molecule has 0 saturated heterocycles. The van der Waals surface area contributed by atoms with Crippen molar-refractivity contribution in [2.75, 3.05) is 0 Å². The van der Waals surface area contributed by atoms with Gasteiger partial charge in [0.1, 0.15) is 5.65 Å². The number of hydrogen-bond acceptors (Lipinski definition) is 4. The van der Waals surface area contributed by atoms with Crippen LogP contribution in [0.1, 0.15) is 90.8 Å². The van der Waals surface area contributed by atoms with Crippen molar-refractivity contribution in [3.8, 4) is 11.1 Å². The lowest BCUT2D eigenvalue weighted by Crippen LogP contribution is -2.24. The van der Waals surface area contributed by atoms with Gasteiger partial charge in [0.05, 0.1) is 22.9 Å². The Hall–Kier alpha value is -3.93. The van der Waals surface area contributed by atoms with Gasteiger partial charge in [-0.1, -0.05) is 81.1 Å². The standard InChI is InChI=1S/C33H36N2O4/c1-3-4-12-26-21-35-29(20-15-22(2)31(35)34-26)30(39-33(38)25-10-6-5-7-11-25)24-18-16-23(17-19-24)27-13-8-9-14-28(27)32(36)37/h8-9,13-21,25,30H,3-7,10-12H2,1-2H3,(H,36,37)/t30-/m1/s1. The Morgan fingerprint density at radius 3 is 2.49 bits per heavy atom. The van der Waals surface area contributed by atoms with E-state index in [0.717, 1.165) is 78.7 Å². The minimum Gasteiger partial charge on any atom is -0.478 e. The number of pyridine rings is 1. The van der Waals surface area contributed by atoms with E-state index in [4.69, 9.17) is 9.72 Å². The first kappa shape index (κ1) is 26.7. The highest BCUT2D eigenvalue weighted by Crippen LogP contribution is 2.34. The van der Waals surface area contributed by atoms with Crippen LogP contribution in [0.2, 0.25) is 0 Å². The first-order chi connectivity index (χ1) is 19.0. The molecule has 39 heavy (non-hydrogen) atoms. The fourth-order valence-electron chi connectivity index (χ4n) is 5.57. The number of carbonyl (C=O) groups is 2. The first-order valence-corrected chi connectivity index (χ1v) is 14.1. The van der Waals surface area contributed by atoms with Gasteiger partial charge in [0.25, 0.3) is 0 Å². The van der Waals surface area contributed by atoms with Crippen molar-refractivity contribution in [1.29, 1.82) is 0 Å². The van der Waals surface area contributed by atoms with Gasteiger partial charge >= 0.3 is 11.9 Å². The molecular weight excluding hydrogens is 488 g/mol. The van der Waals surface area contributed by atoms with Crippen LogP contribution in [0.15, 0.2) is 66.9 Å². The van der Waals surface area contributed by atoms with E-state index in [1.54, 1.807) is 12.1 Å². The van der Waals surface area contributed by atoms with Crippen molar-refractivity contribution in [1.82, 2.24) is 9.38 Å². The van der Waals surface area contributed by atoms with Gasteiger partial charge in [-0.25, -0.2) is 9.78 Å². The van der Waals surface area contributed by atoms with Gasteiger partial charge in [-0.2, -0.15) is 0 Å². The van der Waals surface area contributed by atoms with Crippen LogP contribution in [-0.2, 0) is 16.0 Å². The molecule has 0 bridgehead atoms. The van der Waals surface area contributed by atoms with E-state index in [9.17, 15) is 14.7 Å². The smallest absolute Gasteiger partial charge is 0.336 e. The zero-order valence-electron chi connectivity index (χ0n) is 22.7. The average molecular weight is 525 g/mol. The molecule has 1 fully saturated rings. The molecule has 1 aliphatic rings. The summed E-state index contributed by atoms with van der Waals surface area (Å²) in [5, 5.41) is 9.65. The number of unbranched alkanes of at least 4 members (excludes halogenated alkanes) is 1. The van der Waals surface area contributed by atoms with Gasteiger partial charge < -0.3 is 9.84 Å².